The monoisotopic (exact) mass is 308 g/mol. The molecule has 1 fully saturated rings. The van der Waals surface area contributed by atoms with E-state index in [0.717, 1.165) is 23.8 Å². The van der Waals surface area contributed by atoms with E-state index in [9.17, 15) is 4.39 Å². The molecule has 1 aliphatic carbocycles. The van der Waals surface area contributed by atoms with Crippen molar-refractivity contribution in [2.45, 2.75) is 51.5 Å². The van der Waals surface area contributed by atoms with Crippen LogP contribution >= 0.6 is 11.6 Å². The Hall–Kier alpha value is -1.09. The van der Waals surface area contributed by atoms with Gasteiger partial charge in [0.15, 0.2) is 5.82 Å². The van der Waals surface area contributed by atoms with Crippen molar-refractivity contribution in [1.82, 2.24) is 9.55 Å². The lowest BCUT2D eigenvalue weighted by atomic mass is 9.83. The van der Waals surface area contributed by atoms with Crippen LogP contribution in [0.2, 0.25) is 0 Å². The Labute approximate surface area is 130 Å². The van der Waals surface area contributed by atoms with Crippen LogP contribution in [0.3, 0.4) is 0 Å². The molecular weight excluding hydrogens is 287 g/mol. The van der Waals surface area contributed by atoms with Crippen molar-refractivity contribution < 1.29 is 4.39 Å². The second-order valence-electron chi connectivity index (χ2n) is 6.43. The molecule has 0 saturated heterocycles. The van der Waals surface area contributed by atoms with Gasteiger partial charge in [-0.3, -0.25) is 0 Å². The molecule has 0 N–H and O–H groups in total. The number of hydrogen-bond donors (Lipinski definition) is 0. The molecule has 1 atom stereocenters. The molecule has 1 aromatic heterocycles. The van der Waals surface area contributed by atoms with Gasteiger partial charge >= 0.3 is 0 Å². The van der Waals surface area contributed by atoms with Crippen molar-refractivity contribution in [3.63, 3.8) is 0 Å². The first kappa shape index (κ1) is 14.8. The van der Waals surface area contributed by atoms with E-state index in [2.05, 4.69) is 16.5 Å². The fraction of sp³-hybridized carbons (Fsp3) is 0.588. The third kappa shape index (κ3) is 2.94. The number of imidazole rings is 1. The molecule has 114 valence electrons. The van der Waals surface area contributed by atoms with Gasteiger partial charge in [-0.05, 0) is 43.7 Å². The summed E-state index contributed by atoms with van der Waals surface area (Å²) in [5.41, 5.74) is 1.32. The summed E-state index contributed by atoms with van der Waals surface area (Å²) in [7, 11) is 0. The number of aromatic nitrogens is 2. The molecule has 2 aromatic rings. The summed E-state index contributed by atoms with van der Waals surface area (Å²) >= 11 is 6.27. The molecule has 0 amide bonds. The SMILES string of the molecule is CC1CCC(Cn2c(C(C)Cl)nc3c(F)cccc32)CC1. The minimum absolute atomic E-state index is 0.209. The number of nitrogens with zero attached hydrogens (tertiary/aromatic N) is 2. The van der Waals surface area contributed by atoms with Crippen LogP contribution in [0.15, 0.2) is 18.2 Å². The quantitative estimate of drug-likeness (QED) is 0.703. The lowest BCUT2D eigenvalue weighted by Crippen LogP contribution is -2.19. The first-order chi connectivity index (χ1) is 10.1. The number of rotatable bonds is 3. The summed E-state index contributed by atoms with van der Waals surface area (Å²) in [6.07, 6.45) is 5.06. The standard InChI is InChI=1S/C17H22ClFN2/c1-11-6-8-13(9-7-11)10-21-15-5-3-4-14(19)16(15)20-17(21)12(2)18/h3-5,11-13H,6-10H2,1-2H3. The van der Waals surface area contributed by atoms with Crippen LogP contribution in [-0.4, -0.2) is 9.55 Å². The highest BCUT2D eigenvalue weighted by Crippen LogP contribution is 2.32. The van der Waals surface area contributed by atoms with E-state index in [1.165, 1.54) is 31.7 Å². The fourth-order valence-corrected chi connectivity index (χ4v) is 3.56. The van der Waals surface area contributed by atoms with Crippen LogP contribution in [0, 0.1) is 17.7 Å². The largest absolute Gasteiger partial charge is 0.326 e. The zero-order valence-corrected chi connectivity index (χ0v) is 13.4. The molecule has 2 nitrogen and oxygen atoms in total. The van der Waals surface area contributed by atoms with Gasteiger partial charge in [-0.15, -0.1) is 11.6 Å². The van der Waals surface area contributed by atoms with Gasteiger partial charge in [-0.2, -0.15) is 0 Å². The number of alkyl halides is 1. The van der Waals surface area contributed by atoms with Gasteiger partial charge < -0.3 is 4.57 Å². The van der Waals surface area contributed by atoms with Crippen molar-refractivity contribution >= 4 is 22.6 Å². The van der Waals surface area contributed by atoms with E-state index in [1.807, 2.05) is 13.0 Å². The molecule has 0 radical (unpaired) electrons. The molecule has 1 saturated carbocycles. The molecule has 21 heavy (non-hydrogen) atoms. The zero-order chi connectivity index (χ0) is 15.0. The van der Waals surface area contributed by atoms with E-state index in [1.54, 1.807) is 6.07 Å². The van der Waals surface area contributed by atoms with E-state index in [-0.39, 0.29) is 11.2 Å². The van der Waals surface area contributed by atoms with Gasteiger partial charge in [0.1, 0.15) is 11.3 Å². The maximum absolute atomic E-state index is 14.0. The van der Waals surface area contributed by atoms with Crippen LogP contribution in [0.25, 0.3) is 11.0 Å². The van der Waals surface area contributed by atoms with Crippen molar-refractivity contribution in [3.8, 4) is 0 Å². The molecule has 0 aliphatic heterocycles. The smallest absolute Gasteiger partial charge is 0.151 e. The minimum Gasteiger partial charge on any atom is -0.326 e. The summed E-state index contributed by atoms with van der Waals surface area (Å²) in [4.78, 5) is 4.45. The van der Waals surface area contributed by atoms with Gasteiger partial charge in [-0.1, -0.05) is 25.8 Å². The lowest BCUT2D eigenvalue weighted by Gasteiger charge is -2.27. The van der Waals surface area contributed by atoms with Gasteiger partial charge in [0.25, 0.3) is 0 Å². The molecular formula is C17H22ClFN2. The minimum atomic E-state index is -0.262. The Morgan fingerprint density at radius 2 is 2.05 bits per heavy atom. The zero-order valence-electron chi connectivity index (χ0n) is 12.6. The third-order valence-electron chi connectivity index (χ3n) is 4.69. The number of fused-ring (bicyclic) bond motifs is 1. The first-order valence-electron chi connectivity index (χ1n) is 7.85. The van der Waals surface area contributed by atoms with E-state index in [0.29, 0.717) is 11.4 Å². The van der Waals surface area contributed by atoms with Gasteiger partial charge in [0, 0.05) is 6.54 Å². The third-order valence-corrected chi connectivity index (χ3v) is 4.89. The van der Waals surface area contributed by atoms with Crippen LogP contribution in [0.4, 0.5) is 4.39 Å². The molecule has 0 bridgehead atoms. The Morgan fingerprint density at radius 3 is 2.71 bits per heavy atom. The first-order valence-corrected chi connectivity index (χ1v) is 8.28. The average molecular weight is 309 g/mol. The normalized spacial score (nSPS) is 24.4. The summed E-state index contributed by atoms with van der Waals surface area (Å²) in [5, 5.41) is -0.209. The molecule has 1 heterocycles. The Kier molecular flexibility index (Phi) is 4.21. The average Bonchev–Trinajstić information content (AvgIpc) is 2.82. The highest BCUT2D eigenvalue weighted by atomic mass is 35.5. The van der Waals surface area contributed by atoms with Crippen molar-refractivity contribution in [2.75, 3.05) is 0 Å². The molecule has 1 aliphatic rings. The predicted octanol–water partition coefficient (Wildman–Crippen LogP) is 5.30. The summed E-state index contributed by atoms with van der Waals surface area (Å²) < 4.78 is 16.1. The molecule has 1 aromatic carbocycles. The summed E-state index contributed by atoms with van der Waals surface area (Å²) in [6, 6.07) is 5.16. The Morgan fingerprint density at radius 1 is 1.33 bits per heavy atom. The maximum Gasteiger partial charge on any atom is 0.151 e. The highest BCUT2D eigenvalue weighted by Gasteiger charge is 2.23. The van der Waals surface area contributed by atoms with Crippen molar-refractivity contribution in [1.29, 1.82) is 0 Å². The van der Waals surface area contributed by atoms with Crippen molar-refractivity contribution in [2.24, 2.45) is 11.8 Å². The van der Waals surface area contributed by atoms with Gasteiger partial charge in [0.05, 0.1) is 10.9 Å². The van der Waals surface area contributed by atoms with Gasteiger partial charge in [0.2, 0.25) is 0 Å². The molecule has 4 heteroatoms. The summed E-state index contributed by atoms with van der Waals surface area (Å²) in [5.74, 6) is 2.01. The summed E-state index contributed by atoms with van der Waals surface area (Å²) in [6.45, 7) is 5.13. The van der Waals surface area contributed by atoms with Crippen LogP contribution in [-0.2, 0) is 6.54 Å². The Bertz CT molecular complexity index is 627. The number of para-hydroxylation sites is 1. The number of halogens is 2. The Balaban J connectivity index is 1.96. The molecule has 3 rings (SSSR count). The van der Waals surface area contributed by atoms with Crippen LogP contribution in [0.5, 0.6) is 0 Å². The van der Waals surface area contributed by atoms with Crippen LogP contribution in [0.1, 0.15) is 50.7 Å². The highest BCUT2D eigenvalue weighted by molar-refractivity contribution is 6.20. The number of benzene rings is 1. The second-order valence-corrected chi connectivity index (χ2v) is 7.08. The van der Waals surface area contributed by atoms with Gasteiger partial charge in [-0.25, -0.2) is 9.37 Å². The van der Waals surface area contributed by atoms with Crippen LogP contribution < -0.4 is 0 Å². The fourth-order valence-electron chi connectivity index (χ4n) is 3.40. The molecule has 1 unspecified atom stereocenters. The van der Waals surface area contributed by atoms with E-state index in [4.69, 9.17) is 11.6 Å². The van der Waals surface area contributed by atoms with E-state index >= 15 is 0 Å². The van der Waals surface area contributed by atoms with Crippen molar-refractivity contribution in [3.05, 3.63) is 29.8 Å². The number of hydrogen-bond acceptors (Lipinski definition) is 1. The topological polar surface area (TPSA) is 17.8 Å². The molecule has 0 spiro atoms. The maximum atomic E-state index is 14.0. The lowest BCUT2D eigenvalue weighted by molar-refractivity contribution is 0.265. The predicted molar refractivity (Wildman–Crippen MR) is 85.1 cm³/mol. The van der Waals surface area contributed by atoms with E-state index < -0.39 is 0 Å². The second kappa shape index (κ2) is 5.96.